The molecule has 3 aromatic rings. The highest BCUT2D eigenvalue weighted by Crippen LogP contribution is 2.37. The van der Waals surface area contributed by atoms with E-state index in [1.54, 1.807) is 55.6 Å². The lowest BCUT2D eigenvalue weighted by Gasteiger charge is -2.34. The molecule has 0 saturated heterocycles. The van der Waals surface area contributed by atoms with E-state index in [2.05, 4.69) is 5.32 Å². The van der Waals surface area contributed by atoms with Crippen LogP contribution in [0.2, 0.25) is 5.02 Å². The molecule has 0 unspecified atom stereocenters. The second-order valence-electron chi connectivity index (χ2n) is 6.78. The number of sulfonamides is 1. The number of para-hydroxylation sites is 2. The van der Waals surface area contributed by atoms with E-state index in [1.807, 2.05) is 0 Å². The van der Waals surface area contributed by atoms with Crippen LogP contribution in [0.1, 0.15) is 0 Å². The number of ether oxygens (including phenoxy) is 2. The Kier molecular flexibility index (Phi) is 5.75. The van der Waals surface area contributed by atoms with Crippen molar-refractivity contribution in [3.63, 3.8) is 0 Å². The summed E-state index contributed by atoms with van der Waals surface area (Å²) in [5.41, 5.74) is 0.909. The van der Waals surface area contributed by atoms with Gasteiger partial charge in [-0.05, 0) is 60.7 Å². The second-order valence-corrected chi connectivity index (χ2v) is 9.08. The van der Waals surface area contributed by atoms with Crippen molar-refractivity contribution in [3.05, 3.63) is 77.8 Å². The number of benzene rings is 3. The number of hydrogen-bond donors (Lipinski definition) is 1. The number of anilines is 2. The maximum atomic E-state index is 13.3. The van der Waals surface area contributed by atoms with Crippen LogP contribution >= 0.6 is 11.6 Å². The van der Waals surface area contributed by atoms with Crippen LogP contribution in [0.4, 0.5) is 11.4 Å². The summed E-state index contributed by atoms with van der Waals surface area (Å²) in [5.74, 6) is 0.498. The Balaban J connectivity index is 1.63. The summed E-state index contributed by atoms with van der Waals surface area (Å²) in [4.78, 5) is 13.0. The van der Waals surface area contributed by atoms with Gasteiger partial charge in [0, 0.05) is 10.7 Å². The van der Waals surface area contributed by atoms with E-state index in [0.717, 1.165) is 0 Å². The summed E-state index contributed by atoms with van der Waals surface area (Å²) in [6.45, 7) is -0.177. The molecule has 160 valence electrons. The van der Waals surface area contributed by atoms with Crippen molar-refractivity contribution in [1.29, 1.82) is 0 Å². The van der Waals surface area contributed by atoms with Crippen LogP contribution in [-0.2, 0) is 14.8 Å². The van der Waals surface area contributed by atoms with Gasteiger partial charge >= 0.3 is 0 Å². The number of hydrogen-bond acceptors (Lipinski definition) is 5. The molecular weight excluding hydrogens is 440 g/mol. The second kappa shape index (κ2) is 8.49. The molecule has 31 heavy (non-hydrogen) atoms. The monoisotopic (exact) mass is 458 g/mol. The molecule has 0 aromatic heterocycles. The summed E-state index contributed by atoms with van der Waals surface area (Å²) < 4.78 is 38.8. The number of carbonyl (C=O) groups excluding carboxylic acids is 1. The van der Waals surface area contributed by atoms with E-state index in [4.69, 9.17) is 21.1 Å². The lowest BCUT2D eigenvalue weighted by molar-refractivity contribution is -0.122. The van der Waals surface area contributed by atoms with Gasteiger partial charge in [0.2, 0.25) is 0 Å². The van der Waals surface area contributed by atoms with E-state index in [1.165, 1.54) is 28.6 Å². The lowest BCUT2D eigenvalue weighted by atomic mass is 10.2. The van der Waals surface area contributed by atoms with Crippen molar-refractivity contribution in [2.75, 3.05) is 23.3 Å². The van der Waals surface area contributed by atoms with Gasteiger partial charge in [-0.25, -0.2) is 8.42 Å². The number of methoxy groups -OCH3 is 1. The van der Waals surface area contributed by atoms with Crippen molar-refractivity contribution in [1.82, 2.24) is 0 Å². The largest absolute Gasteiger partial charge is 0.497 e. The van der Waals surface area contributed by atoms with Crippen LogP contribution in [0.15, 0.2) is 77.7 Å². The van der Waals surface area contributed by atoms with Gasteiger partial charge in [0.25, 0.3) is 15.9 Å². The highest BCUT2D eigenvalue weighted by atomic mass is 35.5. The van der Waals surface area contributed by atoms with Crippen LogP contribution in [0.25, 0.3) is 0 Å². The Bertz CT molecular complexity index is 1200. The van der Waals surface area contributed by atoms with Gasteiger partial charge in [-0.1, -0.05) is 23.7 Å². The molecule has 1 atom stereocenters. The Morgan fingerprint density at radius 1 is 1.06 bits per heavy atom. The fourth-order valence-corrected chi connectivity index (χ4v) is 4.80. The van der Waals surface area contributed by atoms with E-state index < -0.39 is 22.0 Å². The van der Waals surface area contributed by atoms with Crippen LogP contribution < -0.4 is 19.1 Å². The molecule has 1 N–H and O–H groups in total. The van der Waals surface area contributed by atoms with Gasteiger partial charge in [-0.15, -0.1) is 0 Å². The predicted molar refractivity (Wildman–Crippen MR) is 118 cm³/mol. The van der Waals surface area contributed by atoms with E-state index in [9.17, 15) is 13.2 Å². The molecule has 0 bridgehead atoms. The van der Waals surface area contributed by atoms with Gasteiger partial charge in [0.1, 0.15) is 11.5 Å². The average molecular weight is 459 g/mol. The first-order valence-corrected chi connectivity index (χ1v) is 11.2. The Hall–Kier alpha value is -3.23. The molecule has 3 aromatic carbocycles. The van der Waals surface area contributed by atoms with Crippen molar-refractivity contribution in [2.45, 2.75) is 11.0 Å². The quantitative estimate of drug-likeness (QED) is 0.626. The highest BCUT2D eigenvalue weighted by Gasteiger charge is 2.37. The summed E-state index contributed by atoms with van der Waals surface area (Å²) in [7, 11) is -2.39. The smallest absolute Gasteiger partial charge is 0.267 e. The van der Waals surface area contributed by atoms with Crippen molar-refractivity contribution in [3.8, 4) is 11.5 Å². The first kappa shape index (κ1) is 21.0. The predicted octanol–water partition coefficient (Wildman–Crippen LogP) is 3.94. The first-order chi connectivity index (χ1) is 14.9. The van der Waals surface area contributed by atoms with E-state index in [-0.39, 0.29) is 11.4 Å². The van der Waals surface area contributed by atoms with Gasteiger partial charge in [-0.2, -0.15) is 0 Å². The molecule has 0 fully saturated rings. The van der Waals surface area contributed by atoms with Crippen LogP contribution in [0, 0.1) is 0 Å². The average Bonchev–Trinajstić information content (AvgIpc) is 2.79. The number of fused-ring (bicyclic) bond motifs is 1. The first-order valence-electron chi connectivity index (χ1n) is 9.37. The van der Waals surface area contributed by atoms with Crippen molar-refractivity contribution in [2.24, 2.45) is 0 Å². The number of rotatable bonds is 5. The molecule has 4 rings (SSSR count). The molecule has 0 spiro atoms. The molecular formula is C22H19ClN2O5S. The zero-order valence-corrected chi connectivity index (χ0v) is 18.1. The van der Waals surface area contributed by atoms with E-state index >= 15 is 0 Å². The minimum absolute atomic E-state index is 0.0721. The zero-order chi connectivity index (χ0) is 22.0. The summed E-state index contributed by atoms with van der Waals surface area (Å²) in [6.07, 6.45) is -1.04. The normalized spacial score (nSPS) is 15.5. The lowest BCUT2D eigenvalue weighted by Crippen LogP contribution is -2.48. The van der Waals surface area contributed by atoms with Crippen molar-refractivity contribution >= 4 is 38.9 Å². The number of nitrogens with one attached hydrogen (secondary N) is 1. The van der Waals surface area contributed by atoms with Gasteiger partial charge in [-0.3, -0.25) is 9.10 Å². The van der Waals surface area contributed by atoms with Crippen LogP contribution in [0.5, 0.6) is 11.5 Å². The van der Waals surface area contributed by atoms with Crippen LogP contribution in [0.3, 0.4) is 0 Å². The Morgan fingerprint density at radius 3 is 2.42 bits per heavy atom. The fraction of sp³-hybridized carbons (Fsp3) is 0.136. The van der Waals surface area contributed by atoms with Gasteiger partial charge in [0.15, 0.2) is 6.10 Å². The maximum Gasteiger partial charge on any atom is 0.267 e. The number of carbonyl (C=O) groups is 1. The number of amides is 1. The topological polar surface area (TPSA) is 84.9 Å². The Morgan fingerprint density at radius 2 is 1.74 bits per heavy atom. The standard InChI is InChI=1S/C22H19ClN2O5S/c1-29-17-10-8-16(9-11-17)24-22(26)21-14-25(19-4-2-3-5-20(19)30-21)31(27,28)18-12-6-15(23)7-13-18/h2-13,21H,14H2,1H3,(H,24,26)/t21-/m1/s1. The summed E-state index contributed by atoms with van der Waals surface area (Å²) in [5, 5.41) is 3.18. The third-order valence-corrected chi connectivity index (χ3v) is 6.83. The minimum Gasteiger partial charge on any atom is -0.497 e. The summed E-state index contributed by atoms with van der Waals surface area (Å²) in [6, 6.07) is 19.4. The molecule has 0 radical (unpaired) electrons. The number of nitrogens with zero attached hydrogens (tertiary/aromatic N) is 1. The minimum atomic E-state index is -3.94. The molecule has 0 aliphatic carbocycles. The Labute approximate surface area is 185 Å². The summed E-state index contributed by atoms with van der Waals surface area (Å²) >= 11 is 5.90. The maximum absolute atomic E-state index is 13.3. The zero-order valence-electron chi connectivity index (χ0n) is 16.5. The highest BCUT2D eigenvalue weighted by molar-refractivity contribution is 7.92. The molecule has 9 heteroatoms. The molecule has 0 saturated carbocycles. The van der Waals surface area contributed by atoms with Crippen molar-refractivity contribution < 1.29 is 22.7 Å². The SMILES string of the molecule is COc1ccc(NC(=O)[C@H]2CN(S(=O)(=O)c3ccc(Cl)cc3)c3ccccc3O2)cc1. The van der Waals surface area contributed by atoms with Crippen LogP contribution in [-0.4, -0.2) is 34.1 Å². The fourth-order valence-electron chi connectivity index (χ4n) is 3.20. The molecule has 1 amide bonds. The third-order valence-electron chi connectivity index (χ3n) is 4.79. The molecule has 1 aliphatic rings. The third kappa shape index (κ3) is 4.30. The van der Waals surface area contributed by atoms with E-state index in [0.29, 0.717) is 27.9 Å². The molecule has 1 heterocycles. The number of halogens is 1. The van der Waals surface area contributed by atoms with Gasteiger partial charge in [0.05, 0.1) is 24.2 Å². The molecule has 1 aliphatic heterocycles. The van der Waals surface area contributed by atoms with Gasteiger partial charge < -0.3 is 14.8 Å². The molecule has 7 nitrogen and oxygen atoms in total.